The van der Waals surface area contributed by atoms with Crippen molar-refractivity contribution in [2.24, 2.45) is 0 Å². The van der Waals surface area contributed by atoms with Crippen LogP contribution < -0.4 is 0 Å². The molecule has 0 unspecified atom stereocenters. The van der Waals surface area contributed by atoms with Gasteiger partial charge in [-0.25, -0.2) is 9.97 Å². The van der Waals surface area contributed by atoms with E-state index < -0.39 is 0 Å². The van der Waals surface area contributed by atoms with Crippen LogP contribution in [-0.4, -0.2) is 9.97 Å². The Morgan fingerprint density at radius 3 is 3.07 bits per heavy atom. The zero-order chi connectivity index (χ0) is 9.97. The van der Waals surface area contributed by atoms with Gasteiger partial charge in [0.25, 0.3) is 0 Å². The second-order valence-electron chi connectivity index (χ2n) is 3.22. The van der Waals surface area contributed by atoms with Gasteiger partial charge in [-0.05, 0) is 23.6 Å². The van der Waals surface area contributed by atoms with E-state index in [0.717, 1.165) is 28.5 Å². The maximum Gasteiger partial charge on any atom is 0.116 e. The second kappa shape index (κ2) is 3.58. The summed E-state index contributed by atoms with van der Waals surface area (Å²) in [5.74, 6) is 0. The van der Waals surface area contributed by atoms with Crippen molar-refractivity contribution in [3.05, 3.63) is 42.9 Å². The van der Waals surface area contributed by atoms with Crippen molar-refractivity contribution in [1.29, 1.82) is 0 Å². The second-order valence-corrected chi connectivity index (χ2v) is 3.22. The normalized spacial score (nSPS) is 10.4. The number of nitrogens with zero attached hydrogens (tertiary/aromatic N) is 2. The van der Waals surface area contributed by atoms with Crippen LogP contribution in [0.5, 0.6) is 0 Å². The Labute approximate surface area is 83.3 Å². The topological polar surface area (TPSA) is 25.8 Å². The highest BCUT2D eigenvalue weighted by Crippen LogP contribution is 2.23. The third-order valence-electron chi connectivity index (χ3n) is 2.36. The first-order chi connectivity index (χ1) is 6.83. The van der Waals surface area contributed by atoms with E-state index in [2.05, 4.69) is 29.5 Å². The van der Waals surface area contributed by atoms with Crippen molar-refractivity contribution >= 4 is 16.5 Å². The number of hydrogen-bond acceptors (Lipinski definition) is 2. The number of fused-ring (bicyclic) bond motifs is 1. The van der Waals surface area contributed by atoms with Crippen molar-refractivity contribution in [3.63, 3.8) is 0 Å². The molecular weight excluding hydrogens is 172 g/mol. The molecule has 0 aliphatic rings. The molecule has 70 valence electrons. The predicted molar refractivity (Wildman–Crippen MR) is 58.9 cm³/mol. The van der Waals surface area contributed by atoms with E-state index in [1.807, 2.05) is 18.3 Å². The Morgan fingerprint density at radius 1 is 1.43 bits per heavy atom. The van der Waals surface area contributed by atoms with E-state index in [9.17, 15) is 0 Å². The fraction of sp³-hybridized carbons (Fsp3) is 0.167. The fourth-order valence-electron chi connectivity index (χ4n) is 1.50. The molecule has 0 aliphatic heterocycles. The van der Waals surface area contributed by atoms with Crippen LogP contribution in [0, 0.1) is 0 Å². The summed E-state index contributed by atoms with van der Waals surface area (Å²) >= 11 is 0. The van der Waals surface area contributed by atoms with E-state index in [1.165, 1.54) is 0 Å². The molecule has 0 N–H and O–H groups in total. The minimum Gasteiger partial charge on any atom is -0.244 e. The van der Waals surface area contributed by atoms with Crippen molar-refractivity contribution in [2.75, 3.05) is 0 Å². The molecule has 1 aromatic carbocycles. The minimum absolute atomic E-state index is 0.952. The van der Waals surface area contributed by atoms with Gasteiger partial charge in [-0.3, -0.25) is 0 Å². The van der Waals surface area contributed by atoms with Gasteiger partial charge < -0.3 is 0 Å². The Hall–Kier alpha value is -1.70. The molecule has 0 aliphatic carbocycles. The minimum atomic E-state index is 0.952. The molecule has 0 bridgehead atoms. The SMILES string of the molecule is C=C(CC)c1cccc2ncncc12. The number of aromatic nitrogens is 2. The fourth-order valence-corrected chi connectivity index (χ4v) is 1.50. The van der Waals surface area contributed by atoms with Crippen LogP contribution in [0.25, 0.3) is 16.5 Å². The van der Waals surface area contributed by atoms with E-state index in [4.69, 9.17) is 0 Å². The molecular formula is C12H12N2. The van der Waals surface area contributed by atoms with Crippen LogP contribution in [0.4, 0.5) is 0 Å². The molecule has 2 heteroatoms. The lowest BCUT2D eigenvalue weighted by Gasteiger charge is -2.05. The lowest BCUT2D eigenvalue weighted by molar-refractivity contribution is 1.21. The maximum absolute atomic E-state index is 4.21. The number of benzene rings is 1. The van der Waals surface area contributed by atoms with Crippen LogP contribution in [0.1, 0.15) is 18.9 Å². The molecule has 0 fully saturated rings. The lowest BCUT2D eigenvalue weighted by Crippen LogP contribution is -1.87. The first-order valence-electron chi connectivity index (χ1n) is 4.70. The van der Waals surface area contributed by atoms with Crippen LogP contribution in [0.3, 0.4) is 0 Å². The summed E-state index contributed by atoms with van der Waals surface area (Å²) in [6, 6.07) is 6.06. The third-order valence-corrected chi connectivity index (χ3v) is 2.36. The average Bonchev–Trinajstić information content (AvgIpc) is 2.27. The number of allylic oxidation sites excluding steroid dienone is 1. The summed E-state index contributed by atoms with van der Waals surface area (Å²) in [6.45, 7) is 6.14. The molecule has 1 aromatic heterocycles. The molecule has 0 saturated heterocycles. The van der Waals surface area contributed by atoms with Crippen LogP contribution in [0.2, 0.25) is 0 Å². The van der Waals surface area contributed by atoms with Gasteiger partial charge in [0, 0.05) is 11.6 Å². The van der Waals surface area contributed by atoms with E-state index in [1.54, 1.807) is 6.33 Å². The molecule has 0 saturated carbocycles. The third kappa shape index (κ3) is 1.39. The molecule has 2 aromatic rings. The standard InChI is InChI=1S/C12H12N2/c1-3-9(2)10-5-4-6-12-11(10)7-13-8-14-12/h4-8H,2-3H2,1H3. The number of hydrogen-bond donors (Lipinski definition) is 0. The highest BCUT2D eigenvalue weighted by atomic mass is 14.8. The zero-order valence-corrected chi connectivity index (χ0v) is 8.20. The Balaban J connectivity index is 2.71. The molecule has 0 atom stereocenters. The largest absolute Gasteiger partial charge is 0.244 e. The van der Waals surface area contributed by atoms with Crippen molar-refractivity contribution in [1.82, 2.24) is 9.97 Å². The first-order valence-corrected chi connectivity index (χ1v) is 4.70. The van der Waals surface area contributed by atoms with Crippen LogP contribution in [0.15, 0.2) is 37.3 Å². The van der Waals surface area contributed by atoms with Gasteiger partial charge in [0.1, 0.15) is 6.33 Å². The molecule has 2 nitrogen and oxygen atoms in total. The molecule has 1 heterocycles. The van der Waals surface area contributed by atoms with Gasteiger partial charge >= 0.3 is 0 Å². The molecule has 0 spiro atoms. The van der Waals surface area contributed by atoms with Gasteiger partial charge in [0.15, 0.2) is 0 Å². The van der Waals surface area contributed by atoms with Crippen LogP contribution in [-0.2, 0) is 0 Å². The molecule has 0 amide bonds. The molecule has 2 rings (SSSR count). The maximum atomic E-state index is 4.21. The summed E-state index contributed by atoms with van der Waals surface area (Å²) in [7, 11) is 0. The van der Waals surface area contributed by atoms with Crippen molar-refractivity contribution < 1.29 is 0 Å². The molecule has 0 radical (unpaired) electrons. The summed E-state index contributed by atoms with van der Waals surface area (Å²) in [4.78, 5) is 8.24. The quantitative estimate of drug-likeness (QED) is 0.716. The zero-order valence-electron chi connectivity index (χ0n) is 8.20. The van der Waals surface area contributed by atoms with Crippen molar-refractivity contribution in [3.8, 4) is 0 Å². The van der Waals surface area contributed by atoms with E-state index in [-0.39, 0.29) is 0 Å². The van der Waals surface area contributed by atoms with E-state index >= 15 is 0 Å². The Morgan fingerprint density at radius 2 is 2.29 bits per heavy atom. The van der Waals surface area contributed by atoms with Gasteiger partial charge in [-0.1, -0.05) is 25.6 Å². The van der Waals surface area contributed by atoms with Gasteiger partial charge in [-0.2, -0.15) is 0 Å². The van der Waals surface area contributed by atoms with Gasteiger partial charge in [-0.15, -0.1) is 0 Å². The van der Waals surface area contributed by atoms with Crippen molar-refractivity contribution in [2.45, 2.75) is 13.3 Å². The highest BCUT2D eigenvalue weighted by Gasteiger charge is 2.02. The average molecular weight is 184 g/mol. The summed E-state index contributed by atoms with van der Waals surface area (Å²) in [6.07, 6.45) is 4.37. The molecule has 14 heavy (non-hydrogen) atoms. The van der Waals surface area contributed by atoms with Gasteiger partial charge in [0.2, 0.25) is 0 Å². The van der Waals surface area contributed by atoms with E-state index in [0.29, 0.717) is 0 Å². The Kier molecular flexibility index (Phi) is 2.27. The predicted octanol–water partition coefficient (Wildman–Crippen LogP) is 3.05. The summed E-state index contributed by atoms with van der Waals surface area (Å²) in [5.41, 5.74) is 3.27. The monoisotopic (exact) mass is 184 g/mol. The Bertz CT molecular complexity index is 469. The summed E-state index contributed by atoms with van der Waals surface area (Å²) < 4.78 is 0. The van der Waals surface area contributed by atoms with Gasteiger partial charge in [0.05, 0.1) is 5.52 Å². The van der Waals surface area contributed by atoms with Crippen LogP contribution >= 0.6 is 0 Å². The lowest BCUT2D eigenvalue weighted by atomic mass is 10.0. The smallest absolute Gasteiger partial charge is 0.116 e. The number of rotatable bonds is 2. The highest BCUT2D eigenvalue weighted by molar-refractivity contribution is 5.90. The first kappa shape index (κ1) is 8.88. The summed E-state index contributed by atoms with van der Waals surface area (Å²) in [5, 5.41) is 1.09.